The number of rotatable bonds is 4. The monoisotopic (exact) mass is 428 g/mol. The molecule has 2 N–H and O–H groups in total. The third kappa shape index (κ3) is 3.05. The minimum absolute atomic E-state index is 0.0619. The maximum Gasteiger partial charge on any atom is 0.262 e. The maximum absolute atomic E-state index is 12.9. The smallest absolute Gasteiger partial charge is 0.262 e. The summed E-state index contributed by atoms with van der Waals surface area (Å²) in [7, 11) is 0. The van der Waals surface area contributed by atoms with E-state index >= 15 is 0 Å². The molecule has 5 rings (SSSR count). The second kappa shape index (κ2) is 7.27. The number of carbonyl (C=O) groups excluding carboxylic acids is 3. The van der Waals surface area contributed by atoms with Crippen molar-refractivity contribution in [2.45, 2.75) is 13.0 Å². The number of amides is 3. The van der Waals surface area contributed by atoms with E-state index in [1.165, 1.54) is 11.4 Å². The number of benzene rings is 2. The molecule has 0 radical (unpaired) electrons. The summed E-state index contributed by atoms with van der Waals surface area (Å²) in [4.78, 5) is 58.2. The molecular weight excluding hydrogens is 412 g/mol. The van der Waals surface area contributed by atoms with Gasteiger partial charge in [-0.15, -0.1) is 5.10 Å². The highest BCUT2D eigenvalue weighted by atomic mass is 16.2. The molecule has 0 saturated carbocycles. The minimum Gasteiger partial charge on any atom is -0.309 e. The Kier molecular flexibility index (Phi) is 4.40. The number of hydrogen-bond acceptors (Lipinski definition) is 6. The molecule has 10 nitrogen and oxygen atoms in total. The molecule has 0 spiro atoms. The van der Waals surface area contributed by atoms with E-state index in [4.69, 9.17) is 0 Å². The summed E-state index contributed by atoms with van der Waals surface area (Å²) in [6.45, 7) is 1.44. The van der Waals surface area contributed by atoms with Crippen LogP contribution in [0, 0.1) is 0 Å². The molecule has 0 bridgehead atoms. The summed E-state index contributed by atoms with van der Waals surface area (Å²) in [6, 6.07) is 15.6. The van der Waals surface area contributed by atoms with Crippen molar-refractivity contribution in [3.05, 3.63) is 82.1 Å². The second-order valence-corrected chi connectivity index (χ2v) is 7.25. The summed E-state index contributed by atoms with van der Waals surface area (Å²) < 4.78 is 1.29. The highest BCUT2D eigenvalue weighted by Crippen LogP contribution is 2.25. The number of imide groups is 1. The van der Waals surface area contributed by atoms with E-state index in [2.05, 4.69) is 20.4 Å². The molecule has 2 aromatic carbocycles. The van der Waals surface area contributed by atoms with Gasteiger partial charge in [0.15, 0.2) is 5.82 Å². The lowest BCUT2D eigenvalue weighted by atomic mass is 10.1. The van der Waals surface area contributed by atoms with Crippen LogP contribution in [0.1, 0.15) is 27.6 Å². The highest BCUT2D eigenvalue weighted by Gasteiger charge is 2.40. The zero-order valence-corrected chi connectivity index (χ0v) is 16.8. The van der Waals surface area contributed by atoms with Crippen LogP contribution in [0.3, 0.4) is 0 Å². The van der Waals surface area contributed by atoms with Gasteiger partial charge in [-0.3, -0.25) is 29.1 Å². The Morgan fingerprint density at radius 3 is 2.25 bits per heavy atom. The molecule has 3 amide bonds. The minimum atomic E-state index is -1.12. The first-order valence-electron chi connectivity index (χ1n) is 9.77. The lowest BCUT2D eigenvalue weighted by Crippen LogP contribution is -2.45. The molecule has 1 unspecified atom stereocenters. The number of nitrogens with zero attached hydrogens (tertiary/aromatic N) is 4. The van der Waals surface area contributed by atoms with Crippen molar-refractivity contribution in [1.82, 2.24) is 24.5 Å². The number of anilines is 1. The molecule has 1 atom stereocenters. The molecule has 1 aliphatic rings. The number of aromatic amines is 1. The molecule has 10 heteroatoms. The normalized spacial score (nSPS) is 14.0. The number of hydrogen-bond donors (Lipinski definition) is 2. The maximum atomic E-state index is 12.9. The van der Waals surface area contributed by atoms with Gasteiger partial charge in [-0.2, -0.15) is 9.50 Å². The second-order valence-electron chi connectivity index (χ2n) is 7.25. The predicted molar refractivity (Wildman–Crippen MR) is 114 cm³/mol. The van der Waals surface area contributed by atoms with Gasteiger partial charge in [0.2, 0.25) is 11.7 Å². The number of aromatic nitrogens is 4. The molecular formula is C22H16N6O4. The van der Waals surface area contributed by atoms with Crippen LogP contribution >= 0.6 is 0 Å². The van der Waals surface area contributed by atoms with E-state index in [-0.39, 0.29) is 22.7 Å². The molecule has 32 heavy (non-hydrogen) atoms. The van der Waals surface area contributed by atoms with E-state index in [9.17, 15) is 19.2 Å². The first-order valence-corrected chi connectivity index (χ1v) is 9.77. The fourth-order valence-corrected chi connectivity index (χ4v) is 3.60. The zero-order chi connectivity index (χ0) is 22.4. The van der Waals surface area contributed by atoms with Crippen molar-refractivity contribution in [2.24, 2.45) is 0 Å². The van der Waals surface area contributed by atoms with Crippen LogP contribution in [-0.2, 0) is 4.79 Å². The molecule has 0 saturated heterocycles. The fourth-order valence-electron chi connectivity index (χ4n) is 3.60. The summed E-state index contributed by atoms with van der Waals surface area (Å²) in [5.74, 6) is -1.18. The van der Waals surface area contributed by atoms with Crippen LogP contribution < -0.4 is 10.9 Å². The van der Waals surface area contributed by atoms with Crippen molar-refractivity contribution in [2.75, 3.05) is 5.32 Å². The van der Waals surface area contributed by atoms with Crippen molar-refractivity contribution >= 4 is 29.3 Å². The molecule has 158 valence electrons. The Morgan fingerprint density at radius 2 is 1.59 bits per heavy atom. The van der Waals surface area contributed by atoms with Crippen LogP contribution in [0.2, 0.25) is 0 Å². The van der Waals surface area contributed by atoms with Gasteiger partial charge in [0, 0.05) is 11.6 Å². The molecule has 0 aliphatic carbocycles. The van der Waals surface area contributed by atoms with Gasteiger partial charge >= 0.3 is 0 Å². The average molecular weight is 428 g/mol. The Labute approximate surface area is 180 Å². The van der Waals surface area contributed by atoms with Crippen LogP contribution in [0.4, 0.5) is 5.82 Å². The van der Waals surface area contributed by atoms with Crippen LogP contribution in [0.15, 0.2) is 65.5 Å². The Balaban J connectivity index is 1.46. The van der Waals surface area contributed by atoms with Gasteiger partial charge in [0.25, 0.3) is 17.4 Å². The van der Waals surface area contributed by atoms with E-state index < -0.39 is 29.3 Å². The van der Waals surface area contributed by atoms with Gasteiger partial charge in [0.1, 0.15) is 11.9 Å². The third-order valence-corrected chi connectivity index (χ3v) is 5.21. The predicted octanol–water partition coefficient (Wildman–Crippen LogP) is 1.71. The lowest BCUT2D eigenvalue weighted by molar-refractivity contribution is -0.119. The van der Waals surface area contributed by atoms with Gasteiger partial charge in [-0.25, -0.2) is 0 Å². The van der Waals surface area contributed by atoms with Gasteiger partial charge in [-0.05, 0) is 19.1 Å². The zero-order valence-electron chi connectivity index (χ0n) is 16.8. The third-order valence-electron chi connectivity index (χ3n) is 5.21. The Hall–Kier alpha value is -4.60. The van der Waals surface area contributed by atoms with E-state index in [0.717, 1.165) is 16.5 Å². The fraction of sp³-hybridized carbons (Fsp3) is 0.0909. The summed E-state index contributed by atoms with van der Waals surface area (Å²) in [6.07, 6.45) is 0. The largest absolute Gasteiger partial charge is 0.309 e. The standard InChI is InChI=1S/C22H16N6O4/c1-12(27-20(31)14-9-5-6-10-15(14)21(27)32)19(30)23-16-11-17(29)24-22-25-18(26-28(16)22)13-7-3-2-4-8-13/h2-12H,1H3,(H,23,30)(H,24,25,26,29). The Morgan fingerprint density at radius 1 is 0.969 bits per heavy atom. The molecule has 1 aliphatic heterocycles. The Bertz CT molecular complexity index is 1420. The van der Waals surface area contributed by atoms with Crippen molar-refractivity contribution in [3.63, 3.8) is 0 Å². The van der Waals surface area contributed by atoms with E-state index in [1.54, 1.807) is 24.3 Å². The van der Waals surface area contributed by atoms with Crippen LogP contribution in [0.25, 0.3) is 17.2 Å². The highest BCUT2D eigenvalue weighted by molar-refractivity contribution is 6.23. The number of nitrogens with one attached hydrogen (secondary N) is 2. The quantitative estimate of drug-likeness (QED) is 0.476. The van der Waals surface area contributed by atoms with E-state index in [1.807, 2.05) is 30.3 Å². The summed E-state index contributed by atoms with van der Waals surface area (Å²) >= 11 is 0. The topological polar surface area (TPSA) is 130 Å². The number of carbonyl (C=O) groups is 3. The first-order chi connectivity index (χ1) is 15.4. The first kappa shape index (κ1) is 19.4. The SMILES string of the molecule is CC(C(=O)Nc1cc(=O)[nH]c2nc(-c3ccccc3)nn12)N1C(=O)c2ccccc2C1=O. The number of fused-ring (bicyclic) bond motifs is 2. The average Bonchev–Trinajstić information content (AvgIpc) is 3.33. The van der Waals surface area contributed by atoms with Gasteiger partial charge in [0.05, 0.1) is 11.1 Å². The van der Waals surface area contributed by atoms with Gasteiger partial charge < -0.3 is 5.32 Å². The molecule has 2 aromatic heterocycles. The van der Waals surface area contributed by atoms with Crippen molar-refractivity contribution < 1.29 is 14.4 Å². The lowest BCUT2D eigenvalue weighted by Gasteiger charge is -2.21. The molecule has 4 aromatic rings. The molecule has 3 heterocycles. The summed E-state index contributed by atoms with van der Waals surface area (Å²) in [5.41, 5.74) is 0.737. The van der Waals surface area contributed by atoms with Crippen molar-refractivity contribution in [3.8, 4) is 11.4 Å². The van der Waals surface area contributed by atoms with Crippen LogP contribution in [0.5, 0.6) is 0 Å². The van der Waals surface area contributed by atoms with E-state index in [0.29, 0.717) is 5.82 Å². The summed E-state index contributed by atoms with van der Waals surface area (Å²) in [5, 5.41) is 6.96. The number of H-pyrrole nitrogens is 1. The van der Waals surface area contributed by atoms with Crippen LogP contribution in [-0.4, -0.2) is 48.2 Å². The van der Waals surface area contributed by atoms with Crippen molar-refractivity contribution in [1.29, 1.82) is 0 Å². The van der Waals surface area contributed by atoms with Gasteiger partial charge in [-0.1, -0.05) is 42.5 Å². The molecule has 0 fully saturated rings.